The number of rotatable bonds is 5. The molecule has 4 rings (SSSR count). The van der Waals surface area contributed by atoms with Crippen molar-refractivity contribution in [2.24, 2.45) is 0 Å². The van der Waals surface area contributed by atoms with Crippen molar-refractivity contribution in [3.63, 3.8) is 0 Å². The Morgan fingerprint density at radius 2 is 1.54 bits per heavy atom. The minimum atomic E-state index is -0.413. The van der Waals surface area contributed by atoms with Crippen LogP contribution in [0.5, 0.6) is 0 Å². The fourth-order valence-electron chi connectivity index (χ4n) is 2.94. The molecule has 6 heteroatoms. The average Bonchev–Trinajstić information content (AvgIpc) is 3.19. The van der Waals surface area contributed by atoms with Crippen molar-refractivity contribution in [2.45, 2.75) is 6.54 Å². The first kappa shape index (κ1) is 17.6. The molecule has 3 aromatic carbocycles. The molecule has 1 amide bonds. The maximum Gasteiger partial charge on any atom is 0.274 e. The number of amides is 1. The largest absolute Gasteiger partial charge is 0.346 e. The summed E-state index contributed by atoms with van der Waals surface area (Å²) < 4.78 is 15.5. The van der Waals surface area contributed by atoms with Gasteiger partial charge in [-0.15, -0.1) is 5.10 Å². The highest BCUT2D eigenvalue weighted by Gasteiger charge is 2.22. The number of carbonyl (C=O) groups excluding carboxylic acids is 1. The Labute approximate surface area is 161 Å². The molecule has 0 radical (unpaired) electrons. The number of halogens is 1. The third-order valence-corrected chi connectivity index (χ3v) is 4.33. The predicted molar refractivity (Wildman–Crippen MR) is 104 cm³/mol. The van der Waals surface area contributed by atoms with Crippen LogP contribution in [0.15, 0.2) is 84.9 Å². The number of benzene rings is 3. The molecule has 4 aromatic rings. The Kier molecular flexibility index (Phi) is 4.93. The van der Waals surface area contributed by atoms with Gasteiger partial charge in [0.25, 0.3) is 5.91 Å². The van der Waals surface area contributed by atoms with E-state index in [1.54, 1.807) is 22.9 Å². The first-order chi connectivity index (χ1) is 13.7. The fraction of sp³-hybridized carbons (Fsp3) is 0.0455. The number of nitrogens with one attached hydrogen (secondary N) is 1. The maximum atomic E-state index is 13.8. The zero-order valence-corrected chi connectivity index (χ0v) is 14.9. The summed E-state index contributed by atoms with van der Waals surface area (Å²) in [6.45, 7) is 0.0674. The van der Waals surface area contributed by atoms with E-state index in [2.05, 4.69) is 15.6 Å². The molecule has 0 unspecified atom stereocenters. The summed E-state index contributed by atoms with van der Waals surface area (Å²) in [7, 11) is 0. The summed E-state index contributed by atoms with van der Waals surface area (Å²) in [5.74, 6) is -0.775. The lowest BCUT2D eigenvalue weighted by atomic mass is 10.1. The third-order valence-electron chi connectivity index (χ3n) is 4.33. The van der Waals surface area contributed by atoms with Crippen molar-refractivity contribution < 1.29 is 9.18 Å². The smallest absolute Gasteiger partial charge is 0.274 e. The minimum Gasteiger partial charge on any atom is -0.346 e. The van der Waals surface area contributed by atoms with E-state index in [9.17, 15) is 9.18 Å². The summed E-state index contributed by atoms with van der Waals surface area (Å²) in [5.41, 5.74) is 2.78. The molecule has 0 aliphatic carbocycles. The van der Waals surface area contributed by atoms with E-state index in [4.69, 9.17) is 0 Å². The Morgan fingerprint density at radius 1 is 0.893 bits per heavy atom. The van der Waals surface area contributed by atoms with Gasteiger partial charge in [0.05, 0.1) is 5.69 Å². The zero-order valence-electron chi connectivity index (χ0n) is 14.9. The van der Waals surface area contributed by atoms with Crippen LogP contribution in [-0.2, 0) is 6.54 Å². The lowest BCUT2D eigenvalue weighted by molar-refractivity contribution is 0.0946. The highest BCUT2D eigenvalue weighted by Crippen LogP contribution is 2.25. The molecule has 0 spiro atoms. The molecule has 0 bridgehead atoms. The van der Waals surface area contributed by atoms with E-state index in [0.29, 0.717) is 11.3 Å². The Balaban J connectivity index is 1.70. The van der Waals surface area contributed by atoms with Gasteiger partial charge in [-0.05, 0) is 18.2 Å². The van der Waals surface area contributed by atoms with E-state index in [-0.39, 0.29) is 18.1 Å². The van der Waals surface area contributed by atoms with Gasteiger partial charge in [-0.25, -0.2) is 9.07 Å². The molecular weight excluding hydrogens is 355 g/mol. The van der Waals surface area contributed by atoms with Crippen LogP contribution < -0.4 is 5.32 Å². The number of aromatic nitrogens is 3. The van der Waals surface area contributed by atoms with Crippen molar-refractivity contribution >= 4 is 5.91 Å². The van der Waals surface area contributed by atoms with Gasteiger partial charge in [0.2, 0.25) is 0 Å². The van der Waals surface area contributed by atoms with E-state index in [1.165, 1.54) is 6.07 Å². The van der Waals surface area contributed by atoms with Crippen molar-refractivity contribution in [3.05, 3.63) is 102 Å². The van der Waals surface area contributed by atoms with Crippen LogP contribution in [0.1, 0.15) is 16.1 Å². The quantitative estimate of drug-likeness (QED) is 0.576. The van der Waals surface area contributed by atoms with E-state index < -0.39 is 5.91 Å². The number of hydrogen-bond acceptors (Lipinski definition) is 3. The van der Waals surface area contributed by atoms with Crippen LogP contribution in [0.2, 0.25) is 0 Å². The highest BCUT2D eigenvalue weighted by atomic mass is 19.1. The number of para-hydroxylation sites is 1. The van der Waals surface area contributed by atoms with Gasteiger partial charge in [-0.3, -0.25) is 4.79 Å². The molecule has 0 atom stereocenters. The van der Waals surface area contributed by atoms with Gasteiger partial charge >= 0.3 is 0 Å². The van der Waals surface area contributed by atoms with Gasteiger partial charge in [-0.1, -0.05) is 71.9 Å². The topological polar surface area (TPSA) is 59.8 Å². The molecule has 0 aliphatic rings. The summed E-state index contributed by atoms with van der Waals surface area (Å²) in [5, 5.41) is 11.0. The van der Waals surface area contributed by atoms with Gasteiger partial charge in [0, 0.05) is 17.7 Å². The lowest BCUT2D eigenvalue weighted by Crippen LogP contribution is -2.24. The minimum absolute atomic E-state index is 0.0674. The van der Waals surface area contributed by atoms with Gasteiger partial charge in [0.15, 0.2) is 5.69 Å². The number of carbonyl (C=O) groups is 1. The summed E-state index contributed by atoms with van der Waals surface area (Å²) in [4.78, 5) is 12.8. The monoisotopic (exact) mass is 372 g/mol. The van der Waals surface area contributed by atoms with Crippen molar-refractivity contribution in [1.82, 2.24) is 20.3 Å². The van der Waals surface area contributed by atoms with E-state index >= 15 is 0 Å². The van der Waals surface area contributed by atoms with Crippen molar-refractivity contribution in [2.75, 3.05) is 0 Å². The molecule has 1 N–H and O–H groups in total. The third kappa shape index (κ3) is 3.53. The lowest BCUT2D eigenvalue weighted by Gasteiger charge is -2.09. The van der Waals surface area contributed by atoms with E-state index in [0.717, 1.165) is 11.3 Å². The summed E-state index contributed by atoms with van der Waals surface area (Å²) in [6, 6.07) is 25.3. The summed E-state index contributed by atoms with van der Waals surface area (Å²) >= 11 is 0. The van der Waals surface area contributed by atoms with Crippen LogP contribution in [-0.4, -0.2) is 20.9 Å². The van der Waals surface area contributed by atoms with Crippen LogP contribution in [0.4, 0.5) is 4.39 Å². The Hall–Kier alpha value is -3.80. The second-order valence-corrected chi connectivity index (χ2v) is 6.17. The Morgan fingerprint density at radius 3 is 2.25 bits per heavy atom. The predicted octanol–water partition coefficient (Wildman–Crippen LogP) is 4.00. The molecular formula is C22H17FN4O. The fourth-order valence-corrected chi connectivity index (χ4v) is 2.94. The second-order valence-electron chi connectivity index (χ2n) is 6.17. The average molecular weight is 372 g/mol. The molecule has 0 saturated carbocycles. The van der Waals surface area contributed by atoms with Gasteiger partial charge in [-0.2, -0.15) is 0 Å². The molecule has 0 saturated heterocycles. The van der Waals surface area contributed by atoms with E-state index in [1.807, 2.05) is 60.7 Å². The number of hydrogen-bond donors (Lipinski definition) is 1. The normalized spacial score (nSPS) is 10.6. The summed E-state index contributed by atoms with van der Waals surface area (Å²) in [6.07, 6.45) is 0. The molecule has 1 aromatic heterocycles. The van der Waals surface area contributed by atoms with Crippen molar-refractivity contribution in [3.8, 4) is 16.9 Å². The Bertz CT molecular complexity index is 1090. The molecule has 0 fully saturated rings. The molecule has 5 nitrogen and oxygen atoms in total. The molecule has 28 heavy (non-hydrogen) atoms. The highest BCUT2D eigenvalue weighted by molar-refractivity contribution is 5.98. The van der Waals surface area contributed by atoms with Gasteiger partial charge < -0.3 is 5.32 Å². The number of nitrogens with zero attached hydrogens (tertiary/aromatic N) is 3. The van der Waals surface area contributed by atoms with Gasteiger partial charge in [0.1, 0.15) is 11.5 Å². The van der Waals surface area contributed by atoms with Crippen LogP contribution in [0.25, 0.3) is 16.9 Å². The first-order valence-electron chi connectivity index (χ1n) is 8.82. The van der Waals surface area contributed by atoms with Crippen LogP contribution >= 0.6 is 0 Å². The second kappa shape index (κ2) is 7.84. The zero-order chi connectivity index (χ0) is 19.3. The standard InChI is InChI=1S/C22H17FN4O/c23-19-14-8-7-11-17(19)15-24-22(28)20-21(16-9-3-1-4-10-16)27(26-25-20)18-12-5-2-6-13-18/h1-14H,15H2,(H,24,28). The molecule has 138 valence electrons. The molecule has 1 heterocycles. The molecule has 0 aliphatic heterocycles. The first-order valence-corrected chi connectivity index (χ1v) is 8.82. The maximum absolute atomic E-state index is 13.8. The van der Waals surface area contributed by atoms with Crippen molar-refractivity contribution in [1.29, 1.82) is 0 Å². The van der Waals surface area contributed by atoms with Crippen LogP contribution in [0.3, 0.4) is 0 Å². The SMILES string of the molecule is O=C(NCc1ccccc1F)c1nnn(-c2ccccc2)c1-c1ccccc1. The van der Waals surface area contributed by atoms with Crippen LogP contribution in [0, 0.1) is 5.82 Å².